The van der Waals surface area contributed by atoms with Crippen LogP contribution in [0.25, 0.3) is 11.1 Å². The van der Waals surface area contributed by atoms with E-state index in [2.05, 4.69) is 5.10 Å². The highest BCUT2D eigenvalue weighted by molar-refractivity contribution is 5.99. The van der Waals surface area contributed by atoms with E-state index < -0.39 is 0 Å². The fourth-order valence-corrected chi connectivity index (χ4v) is 3.37. The highest BCUT2D eigenvalue weighted by Gasteiger charge is 2.33. The second-order valence-electron chi connectivity index (χ2n) is 6.41. The molecule has 4 nitrogen and oxygen atoms in total. The number of halogens is 1. The Bertz CT molecular complexity index is 963. The van der Waals surface area contributed by atoms with Gasteiger partial charge in [0.05, 0.1) is 12.2 Å². The van der Waals surface area contributed by atoms with Gasteiger partial charge in [0.2, 0.25) is 0 Å². The predicted octanol–water partition coefficient (Wildman–Crippen LogP) is 3.94. The van der Waals surface area contributed by atoms with Gasteiger partial charge in [0.1, 0.15) is 5.82 Å². The fraction of sp³-hybridized carbons (Fsp3) is 0.200. The molecule has 126 valence electrons. The average Bonchev–Trinajstić information content (AvgIpc) is 3.14. The summed E-state index contributed by atoms with van der Waals surface area (Å²) in [4.78, 5) is 14.3. The molecule has 3 aromatic rings. The number of hydrogen-bond acceptors (Lipinski definition) is 2. The third-order valence-electron chi connectivity index (χ3n) is 4.80. The lowest BCUT2D eigenvalue weighted by molar-refractivity contribution is 0.0721. The van der Waals surface area contributed by atoms with E-state index in [1.165, 1.54) is 6.07 Å². The molecule has 5 heteroatoms. The van der Waals surface area contributed by atoms with Crippen molar-refractivity contribution >= 4 is 5.91 Å². The molecule has 1 amide bonds. The van der Waals surface area contributed by atoms with Gasteiger partial charge in [-0.2, -0.15) is 5.10 Å². The van der Waals surface area contributed by atoms with Gasteiger partial charge in [0, 0.05) is 36.5 Å². The van der Waals surface area contributed by atoms with Crippen molar-refractivity contribution in [2.45, 2.75) is 19.5 Å². The van der Waals surface area contributed by atoms with Crippen LogP contribution in [-0.2, 0) is 13.6 Å². The predicted molar refractivity (Wildman–Crippen MR) is 93.3 cm³/mol. The number of amides is 1. The molecule has 0 spiro atoms. The van der Waals surface area contributed by atoms with E-state index in [-0.39, 0.29) is 24.3 Å². The molecule has 0 fully saturated rings. The van der Waals surface area contributed by atoms with Crippen LogP contribution in [0.2, 0.25) is 0 Å². The van der Waals surface area contributed by atoms with E-state index in [1.54, 1.807) is 21.8 Å². The summed E-state index contributed by atoms with van der Waals surface area (Å²) in [7, 11) is 1.83. The number of carbonyl (C=O) groups is 1. The minimum atomic E-state index is -0.308. The molecule has 1 unspecified atom stereocenters. The maximum absolute atomic E-state index is 14.6. The second-order valence-corrected chi connectivity index (χ2v) is 6.41. The van der Waals surface area contributed by atoms with Crippen LogP contribution in [-0.4, -0.2) is 20.6 Å². The third kappa shape index (κ3) is 2.61. The highest BCUT2D eigenvalue weighted by atomic mass is 19.1. The number of carbonyl (C=O) groups excluding carboxylic acids is 1. The number of rotatable bonds is 3. The van der Waals surface area contributed by atoms with Crippen LogP contribution in [0.5, 0.6) is 0 Å². The standard InChI is InChI=1S/C20H18FN3O/c1-13-17-5-3-4-6-18(17)20(25)24(13)12-15-8-7-14(9-19(15)21)16-10-22-23(2)11-16/h3-11,13H,12H2,1-2H3. The average molecular weight is 335 g/mol. The van der Waals surface area contributed by atoms with Gasteiger partial charge in [0.15, 0.2) is 0 Å². The Morgan fingerprint density at radius 1 is 1.16 bits per heavy atom. The first-order valence-corrected chi connectivity index (χ1v) is 8.22. The van der Waals surface area contributed by atoms with Crippen molar-refractivity contribution in [2.24, 2.45) is 7.05 Å². The van der Waals surface area contributed by atoms with Crippen LogP contribution in [0.3, 0.4) is 0 Å². The Labute approximate surface area is 145 Å². The summed E-state index contributed by atoms with van der Waals surface area (Å²) in [5.74, 6) is -0.351. The van der Waals surface area contributed by atoms with Gasteiger partial charge < -0.3 is 4.90 Å². The monoisotopic (exact) mass is 335 g/mol. The Hall–Kier alpha value is -2.95. The fourth-order valence-electron chi connectivity index (χ4n) is 3.37. The van der Waals surface area contributed by atoms with Crippen molar-refractivity contribution in [1.82, 2.24) is 14.7 Å². The van der Waals surface area contributed by atoms with E-state index in [1.807, 2.05) is 50.5 Å². The van der Waals surface area contributed by atoms with Gasteiger partial charge in [-0.3, -0.25) is 9.48 Å². The van der Waals surface area contributed by atoms with Crippen LogP contribution < -0.4 is 0 Å². The van der Waals surface area contributed by atoms with Crippen molar-refractivity contribution in [3.8, 4) is 11.1 Å². The molecule has 1 aliphatic rings. The number of aryl methyl sites for hydroxylation is 1. The van der Waals surface area contributed by atoms with Crippen LogP contribution in [0.15, 0.2) is 54.9 Å². The molecule has 0 radical (unpaired) electrons. The van der Waals surface area contributed by atoms with Crippen molar-refractivity contribution in [2.75, 3.05) is 0 Å². The lowest BCUT2D eigenvalue weighted by atomic mass is 10.1. The largest absolute Gasteiger partial charge is 0.327 e. The topological polar surface area (TPSA) is 38.1 Å². The minimum absolute atomic E-state index is 0.0427. The zero-order chi connectivity index (χ0) is 17.6. The zero-order valence-electron chi connectivity index (χ0n) is 14.1. The number of nitrogens with zero attached hydrogens (tertiary/aromatic N) is 3. The Balaban J connectivity index is 1.61. The summed E-state index contributed by atoms with van der Waals surface area (Å²) in [6.07, 6.45) is 3.55. The molecule has 1 aliphatic heterocycles. The lowest BCUT2D eigenvalue weighted by Gasteiger charge is -2.22. The van der Waals surface area contributed by atoms with E-state index in [4.69, 9.17) is 0 Å². The molecule has 0 saturated heterocycles. The molecule has 25 heavy (non-hydrogen) atoms. The molecule has 0 saturated carbocycles. The molecule has 2 aromatic carbocycles. The lowest BCUT2D eigenvalue weighted by Crippen LogP contribution is -2.26. The molecule has 0 N–H and O–H groups in total. The molecule has 4 rings (SSSR count). The Morgan fingerprint density at radius 3 is 2.64 bits per heavy atom. The van der Waals surface area contributed by atoms with E-state index in [0.29, 0.717) is 11.1 Å². The molecular weight excluding hydrogens is 317 g/mol. The summed E-state index contributed by atoms with van der Waals surface area (Å²) in [5.41, 5.74) is 3.87. The smallest absolute Gasteiger partial charge is 0.255 e. The Kier molecular flexibility index (Phi) is 3.64. The second kappa shape index (κ2) is 5.84. The number of aromatic nitrogens is 2. The summed E-state index contributed by atoms with van der Waals surface area (Å²) in [6, 6.07) is 12.6. The van der Waals surface area contributed by atoms with Gasteiger partial charge in [-0.1, -0.05) is 30.3 Å². The zero-order valence-corrected chi connectivity index (χ0v) is 14.1. The number of hydrogen-bond donors (Lipinski definition) is 0. The van der Waals surface area contributed by atoms with Gasteiger partial charge in [-0.15, -0.1) is 0 Å². The molecule has 0 aliphatic carbocycles. The summed E-state index contributed by atoms with van der Waals surface area (Å²) in [5, 5.41) is 4.11. The first kappa shape index (κ1) is 15.6. The van der Waals surface area contributed by atoms with Crippen LogP contribution in [0.1, 0.15) is 34.5 Å². The SMILES string of the molecule is CC1c2ccccc2C(=O)N1Cc1ccc(-c2cnn(C)c2)cc1F. The van der Waals surface area contributed by atoms with Gasteiger partial charge in [-0.25, -0.2) is 4.39 Å². The maximum Gasteiger partial charge on any atom is 0.255 e. The summed E-state index contributed by atoms with van der Waals surface area (Å²) < 4.78 is 16.3. The third-order valence-corrected chi connectivity index (χ3v) is 4.80. The number of fused-ring (bicyclic) bond motifs is 1. The first-order chi connectivity index (χ1) is 12.0. The molecule has 2 heterocycles. The number of benzene rings is 2. The highest BCUT2D eigenvalue weighted by Crippen LogP contribution is 2.34. The molecule has 1 aromatic heterocycles. The van der Waals surface area contributed by atoms with Crippen molar-refractivity contribution in [3.05, 3.63) is 77.4 Å². The molecule has 0 bridgehead atoms. The first-order valence-electron chi connectivity index (χ1n) is 8.22. The molecule has 1 atom stereocenters. The maximum atomic E-state index is 14.6. The summed E-state index contributed by atoms with van der Waals surface area (Å²) in [6.45, 7) is 2.24. The van der Waals surface area contributed by atoms with E-state index in [9.17, 15) is 9.18 Å². The van der Waals surface area contributed by atoms with E-state index >= 15 is 0 Å². The van der Waals surface area contributed by atoms with Gasteiger partial charge >= 0.3 is 0 Å². The quantitative estimate of drug-likeness (QED) is 0.727. The van der Waals surface area contributed by atoms with Crippen LogP contribution in [0.4, 0.5) is 4.39 Å². The molecular formula is C20H18FN3O. The van der Waals surface area contributed by atoms with E-state index in [0.717, 1.165) is 16.7 Å². The minimum Gasteiger partial charge on any atom is -0.327 e. The van der Waals surface area contributed by atoms with Crippen molar-refractivity contribution < 1.29 is 9.18 Å². The van der Waals surface area contributed by atoms with Crippen molar-refractivity contribution in [1.29, 1.82) is 0 Å². The van der Waals surface area contributed by atoms with Crippen molar-refractivity contribution in [3.63, 3.8) is 0 Å². The van der Waals surface area contributed by atoms with Gasteiger partial charge in [-0.05, 0) is 30.2 Å². The Morgan fingerprint density at radius 2 is 1.96 bits per heavy atom. The summed E-state index contributed by atoms with van der Waals surface area (Å²) >= 11 is 0. The normalized spacial score (nSPS) is 16.4. The van der Waals surface area contributed by atoms with Crippen LogP contribution in [0, 0.1) is 5.82 Å². The van der Waals surface area contributed by atoms with Gasteiger partial charge in [0.25, 0.3) is 5.91 Å². The van der Waals surface area contributed by atoms with Crippen LogP contribution >= 0.6 is 0 Å².